The minimum Gasteiger partial charge on any atom is -0.436 e. The SMILES string of the molecule is C=CCOC(=O)[C+]=CC(=O)O. The third-order valence-electron chi connectivity index (χ3n) is 0.646. The van der Waals surface area contributed by atoms with E-state index in [1.54, 1.807) is 0 Å². The second-order valence-electron chi connectivity index (χ2n) is 1.51. The van der Waals surface area contributed by atoms with E-state index in [0.717, 1.165) is 0 Å². The average Bonchev–Trinajstić information content (AvgIpc) is 1.97. The fourth-order valence-corrected chi connectivity index (χ4v) is 0.297. The van der Waals surface area contributed by atoms with Crippen LogP contribution in [0.3, 0.4) is 0 Å². The van der Waals surface area contributed by atoms with Gasteiger partial charge in [0.1, 0.15) is 6.61 Å². The lowest BCUT2D eigenvalue weighted by atomic mass is 10.5. The van der Waals surface area contributed by atoms with Crippen LogP contribution in [0.2, 0.25) is 0 Å². The molecule has 0 aliphatic rings. The number of ether oxygens (including phenoxy) is 1. The first kappa shape index (κ1) is 9.33. The van der Waals surface area contributed by atoms with E-state index in [2.05, 4.69) is 11.3 Å². The highest BCUT2D eigenvalue weighted by molar-refractivity contribution is 5.87. The molecule has 0 rings (SSSR count). The molecule has 0 bridgehead atoms. The predicted molar refractivity (Wildman–Crippen MR) is 36.6 cm³/mol. The first-order valence-corrected chi connectivity index (χ1v) is 2.77. The molecule has 0 aliphatic heterocycles. The summed E-state index contributed by atoms with van der Waals surface area (Å²) in [5, 5.41) is 8.04. The molecule has 0 unspecified atom stereocenters. The summed E-state index contributed by atoms with van der Waals surface area (Å²) in [7, 11) is 0. The Labute approximate surface area is 63.8 Å². The molecule has 4 heteroatoms. The van der Waals surface area contributed by atoms with Gasteiger partial charge in [-0.3, -0.25) is 0 Å². The average molecular weight is 155 g/mol. The third kappa shape index (κ3) is 6.21. The summed E-state index contributed by atoms with van der Waals surface area (Å²) < 4.78 is 4.38. The van der Waals surface area contributed by atoms with Gasteiger partial charge in [0.2, 0.25) is 0 Å². The Morgan fingerprint density at radius 2 is 2.27 bits per heavy atom. The molecule has 0 radical (unpaired) electrons. The number of rotatable bonds is 4. The number of hydrogen-bond acceptors (Lipinski definition) is 3. The molecule has 0 aromatic rings. The Bertz CT molecular complexity index is 193. The molecule has 4 nitrogen and oxygen atoms in total. The van der Waals surface area contributed by atoms with E-state index in [4.69, 9.17) is 5.11 Å². The van der Waals surface area contributed by atoms with Gasteiger partial charge in [-0.05, 0) is 0 Å². The number of hydrogen-bond donors (Lipinski definition) is 1. The molecule has 0 aliphatic carbocycles. The molecule has 0 spiro atoms. The van der Waals surface area contributed by atoms with Crippen molar-refractivity contribution < 1.29 is 19.4 Å². The van der Waals surface area contributed by atoms with Crippen LogP contribution < -0.4 is 0 Å². The molecule has 0 heterocycles. The number of carboxylic acids is 1. The van der Waals surface area contributed by atoms with Crippen molar-refractivity contribution >= 4 is 11.9 Å². The first-order chi connectivity index (χ1) is 5.16. The van der Waals surface area contributed by atoms with E-state index in [1.807, 2.05) is 6.08 Å². The van der Waals surface area contributed by atoms with Crippen molar-refractivity contribution in [3.8, 4) is 0 Å². The largest absolute Gasteiger partial charge is 0.482 e. The summed E-state index contributed by atoms with van der Waals surface area (Å²) in [5.74, 6) is -2.05. The topological polar surface area (TPSA) is 63.6 Å². The van der Waals surface area contributed by atoms with Crippen LogP contribution in [0.4, 0.5) is 0 Å². The van der Waals surface area contributed by atoms with Crippen molar-refractivity contribution in [2.45, 2.75) is 0 Å². The van der Waals surface area contributed by atoms with E-state index in [1.165, 1.54) is 6.08 Å². The predicted octanol–water partition coefficient (Wildman–Crippen LogP) is 0.160. The molecule has 0 aromatic carbocycles. The molecule has 11 heavy (non-hydrogen) atoms. The van der Waals surface area contributed by atoms with Gasteiger partial charge in [0.15, 0.2) is 6.08 Å². The van der Waals surface area contributed by atoms with Crippen LogP contribution >= 0.6 is 0 Å². The molecule has 0 amide bonds. The fourth-order valence-electron chi connectivity index (χ4n) is 0.297. The quantitative estimate of drug-likeness (QED) is 0.272. The third-order valence-corrected chi connectivity index (χ3v) is 0.646. The van der Waals surface area contributed by atoms with Crippen molar-refractivity contribution in [3.05, 3.63) is 24.8 Å². The van der Waals surface area contributed by atoms with Crippen LogP contribution in [0, 0.1) is 6.08 Å². The Kier molecular flexibility index (Phi) is 4.36. The summed E-state index contributed by atoms with van der Waals surface area (Å²) in [6.07, 6.45) is 3.85. The Hall–Kier alpha value is -1.67. The van der Waals surface area contributed by atoms with Gasteiger partial charge in [-0.2, -0.15) is 0 Å². The summed E-state index contributed by atoms with van der Waals surface area (Å²) in [6.45, 7) is 3.35. The van der Waals surface area contributed by atoms with Crippen LogP contribution in [0.25, 0.3) is 0 Å². The number of esters is 1. The lowest BCUT2D eigenvalue weighted by molar-refractivity contribution is -0.138. The number of carbonyl (C=O) groups excluding carboxylic acids is 1. The van der Waals surface area contributed by atoms with Crippen molar-refractivity contribution in [1.29, 1.82) is 0 Å². The normalized spacial score (nSPS) is 8.73. The molecule has 1 N–H and O–H groups in total. The molecular weight excluding hydrogens is 148 g/mol. The molecule has 0 aromatic heterocycles. The van der Waals surface area contributed by atoms with Gasteiger partial charge in [-0.15, -0.1) is 4.79 Å². The van der Waals surface area contributed by atoms with Gasteiger partial charge in [-0.1, -0.05) is 12.7 Å². The highest BCUT2D eigenvalue weighted by Crippen LogP contribution is 1.80. The Balaban J connectivity index is 3.68. The summed E-state index contributed by atoms with van der Waals surface area (Å²) in [5.41, 5.74) is 0. The van der Waals surface area contributed by atoms with E-state index < -0.39 is 11.9 Å². The molecular formula is C7H7O4+. The van der Waals surface area contributed by atoms with Crippen LogP contribution in [-0.4, -0.2) is 23.7 Å². The zero-order valence-electron chi connectivity index (χ0n) is 5.74. The summed E-state index contributed by atoms with van der Waals surface area (Å²) in [4.78, 5) is 20.3. The van der Waals surface area contributed by atoms with Gasteiger partial charge in [0, 0.05) is 0 Å². The lowest BCUT2D eigenvalue weighted by Gasteiger charge is -1.87. The maximum Gasteiger partial charge on any atom is 0.482 e. The lowest BCUT2D eigenvalue weighted by Crippen LogP contribution is -2.01. The smallest absolute Gasteiger partial charge is 0.436 e. The van der Waals surface area contributed by atoms with Crippen molar-refractivity contribution in [2.75, 3.05) is 6.61 Å². The second kappa shape index (κ2) is 5.14. The fraction of sp³-hybridized carbons (Fsp3) is 0.143. The zero-order chi connectivity index (χ0) is 8.69. The van der Waals surface area contributed by atoms with E-state index >= 15 is 0 Å². The zero-order valence-corrected chi connectivity index (χ0v) is 5.74. The Morgan fingerprint density at radius 3 is 2.73 bits per heavy atom. The van der Waals surface area contributed by atoms with Crippen LogP contribution in [0.15, 0.2) is 18.7 Å². The van der Waals surface area contributed by atoms with Gasteiger partial charge in [0.25, 0.3) is 6.08 Å². The van der Waals surface area contributed by atoms with Crippen molar-refractivity contribution in [1.82, 2.24) is 0 Å². The molecule has 0 atom stereocenters. The molecule has 0 saturated heterocycles. The maximum absolute atomic E-state index is 10.4. The highest BCUT2D eigenvalue weighted by atomic mass is 16.5. The highest BCUT2D eigenvalue weighted by Gasteiger charge is 2.08. The van der Waals surface area contributed by atoms with E-state index in [-0.39, 0.29) is 6.61 Å². The van der Waals surface area contributed by atoms with Gasteiger partial charge in [-0.25, -0.2) is 4.79 Å². The Morgan fingerprint density at radius 1 is 1.64 bits per heavy atom. The molecule has 0 fully saturated rings. The van der Waals surface area contributed by atoms with Crippen LogP contribution in [0.1, 0.15) is 0 Å². The first-order valence-electron chi connectivity index (χ1n) is 2.77. The molecule has 58 valence electrons. The van der Waals surface area contributed by atoms with Gasteiger partial charge in [0.05, 0.1) is 0 Å². The minimum absolute atomic E-state index is 0.0549. The van der Waals surface area contributed by atoms with Crippen molar-refractivity contribution in [3.63, 3.8) is 0 Å². The molecule has 0 saturated carbocycles. The second-order valence-corrected chi connectivity index (χ2v) is 1.51. The van der Waals surface area contributed by atoms with Gasteiger partial charge >= 0.3 is 11.9 Å². The van der Waals surface area contributed by atoms with Gasteiger partial charge < -0.3 is 9.84 Å². The number of aliphatic carboxylic acids is 1. The summed E-state index contributed by atoms with van der Waals surface area (Å²) in [6, 6.07) is 0. The maximum atomic E-state index is 10.4. The summed E-state index contributed by atoms with van der Waals surface area (Å²) >= 11 is 0. The monoisotopic (exact) mass is 155 g/mol. The minimum atomic E-state index is -1.24. The number of carboxylic acid groups (broad SMARTS) is 1. The van der Waals surface area contributed by atoms with Crippen LogP contribution in [-0.2, 0) is 14.3 Å². The van der Waals surface area contributed by atoms with Crippen molar-refractivity contribution in [2.24, 2.45) is 0 Å². The van der Waals surface area contributed by atoms with Crippen LogP contribution in [0.5, 0.6) is 0 Å². The van der Waals surface area contributed by atoms with E-state index in [9.17, 15) is 9.59 Å². The number of carbonyl (C=O) groups is 2. The standard InChI is InChI=1S/C7H6O4/c1-2-5-11-7(10)4-3-6(8)9/h2-3H,1,5H2/p+1. The van der Waals surface area contributed by atoms with E-state index in [0.29, 0.717) is 6.08 Å².